The lowest BCUT2D eigenvalue weighted by atomic mass is 10.3. The molecule has 0 unspecified atom stereocenters. The number of nitrogens with two attached hydrogens (primary N) is 1. The molecule has 2 rings (SSSR count). The molecule has 3 N–H and O–H groups in total. The Morgan fingerprint density at radius 3 is 2.79 bits per heavy atom. The Bertz CT molecular complexity index is 715. The minimum Gasteiger partial charge on any atom is -0.378 e. The van der Waals surface area contributed by atoms with E-state index >= 15 is 0 Å². The van der Waals surface area contributed by atoms with Gasteiger partial charge in [0.25, 0.3) is 5.69 Å². The van der Waals surface area contributed by atoms with Crippen molar-refractivity contribution in [3.8, 4) is 0 Å². The van der Waals surface area contributed by atoms with E-state index in [1.807, 2.05) is 4.90 Å². The smallest absolute Gasteiger partial charge is 0.270 e. The van der Waals surface area contributed by atoms with Crippen LogP contribution in [0, 0.1) is 10.1 Å². The van der Waals surface area contributed by atoms with E-state index in [1.165, 1.54) is 18.2 Å². The fourth-order valence-electron chi connectivity index (χ4n) is 2.09. The van der Waals surface area contributed by atoms with Crippen LogP contribution in [0.3, 0.4) is 0 Å². The van der Waals surface area contributed by atoms with Crippen molar-refractivity contribution in [2.75, 3.05) is 39.4 Å². The Labute approximate surface area is 139 Å². The van der Waals surface area contributed by atoms with Gasteiger partial charge in [0, 0.05) is 31.8 Å². The van der Waals surface area contributed by atoms with Crippen LogP contribution in [-0.2, 0) is 14.8 Å². The average molecular weight is 357 g/mol. The third kappa shape index (κ3) is 4.88. The molecule has 0 amide bonds. The van der Waals surface area contributed by atoms with Gasteiger partial charge in [-0.25, -0.2) is 13.1 Å². The normalized spacial score (nSPS) is 16.2. The number of rotatable bonds is 6. The second-order valence-corrected chi connectivity index (χ2v) is 6.76. The summed E-state index contributed by atoms with van der Waals surface area (Å²) in [5.74, 6) is 0.341. The number of nitrogens with zero attached hydrogens (tertiary/aromatic N) is 3. The topological polar surface area (TPSA) is 140 Å². The van der Waals surface area contributed by atoms with E-state index in [0.717, 1.165) is 6.07 Å². The Balaban J connectivity index is 1.90. The van der Waals surface area contributed by atoms with Gasteiger partial charge >= 0.3 is 0 Å². The molecule has 0 saturated carbocycles. The largest absolute Gasteiger partial charge is 0.378 e. The summed E-state index contributed by atoms with van der Waals surface area (Å²) in [6, 6.07) is 4.85. The van der Waals surface area contributed by atoms with Crippen LogP contribution in [0.1, 0.15) is 0 Å². The van der Waals surface area contributed by atoms with Crippen LogP contribution in [-0.4, -0.2) is 63.6 Å². The summed E-state index contributed by atoms with van der Waals surface area (Å²) in [4.78, 5) is 15.9. The molecule has 11 heteroatoms. The molecule has 10 nitrogen and oxygen atoms in total. The molecule has 0 radical (unpaired) electrons. The maximum atomic E-state index is 12.1. The van der Waals surface area contributed by atoms with Gasteiger partial charge in [-0.05, 0) is 6.07 Å². The highest BCUT2D eigenvalue weighted by Gasteiger charge is 2.17. The summed E-state index contributed by atoms with van der Waals surface area (Å²) >= 11 is 0. The van der Waals surface area contributed by atoms with Crippen molar-refractivity contribution in [3.05, 3.63) is 34.4 Å². The number of nitro benzene ring substituents is 1. The molecule has 1 aromatic carbocycles. The number of aliphatic imine (C=N–C) groups is 1. The summed E-state index contributed by atoms with van der Waals surface area (Å²) < 4.78 is 31.8. The minimum atomic E-state index is -3.84. The predicted octanol–water partition coefficient (Wildman–Crippen LogP) is -0.480. The van der Waals surface area contributed by atoms with Gasteiger partial charge < -0.3 is 15.4 Å². The molecule has 1 heterocycles. The van der Waals surface area contributed by atoms with Gasteiger partial charge in [-0.15, -0.1) is 0 Å². The first kappa shape index (κ1) is 18.1. The van der Waals surface area contributed by atoms with E-state index in [4.69, 9.17) is 10.5 Å². The minimum absolute atomic E-state index is 0.0378. The zero-order chi connectivity index (χ0) is 17.6. The van der Waals surface area contributed by atoms with Crippen LogP contribution in [0.4, 0.5) is 5.69 Å². The summed E-state index contributed by atoms with van der Waals surface area (Å²) in [7, 11) is -3.84. The Morgan fingerprint density at radius 1 is 1.42 bits per heavy atom. The van der Waals surface area contributed by atoms with Gasteiger partial charge in [0.1, 0.15) is 0 Å². The number of benzene rings is 1. The maximum absolute atomic E-state index is 12.1. The number of non-ortho nitro benzene ring substituents is 1. The highest BCUT2D eigenvalue weighted by atomic mass is 32.2. The number of sulfonamides is 1. The molecule has 24 heavy (non-hydrogen) atoms. The predicted molar refractivity (Wildman–Crippen MR) is 87.2 cm³/mol. The molecule has 0 atom stereocenters. The van der Waals surface area contributed by atoms with Crippen LogP contribution in [0.5, 0.6) is 0 Å². The van der Waals surface area contributed by atoms with E-state index < -0.39 is 14.9 Å². The molecule has 1 saturated heterocycles. The highest BCUT2D eigenvalue weighted by Crippen LogP contribution is 2.16. The number of guanidine groups is 1. The van der Waals surface area contributed by atoms with Crippen LogP contribution in [0.25, 0.3) is 0 Å². The Morgan fingerprint density at radius 2 is 2.12 bits per heavy atom. The second-order valence-electron chi connectivity index (χ2n) is 4.99. The number of morpholine rings is 1. The van der Waals surface area contributed by atoms with Crippen molar-refractivity contribution in [1.29, 1.82) is 0 Å². The van der Waals surface area contributed by atoms with Gasteiger partial charge in [0.2, 0.25) is 10.0 Å². The highest BCUT2D eigenvalue weighted by molar-refractivity contribution is 7.89. The number of nitro groups is 1. The van der Waals surface area contributed by atoms with E-state index in [9.17, 15) is 18.5 Å². The van der Waals surface area contributed by atoms with Crippen molar-refractivity contribution < 1.29 is 18.1 Å². The monoisotopic (exact) mass is 357 g/mol. The lowest BCUT2D eigenvalue weighted by Crippen LogP contribution is -2.45. The van der Waals surface area contributed by atoms with E-state index in [1.54, 1.807) is 0 Å². The fraction of sp³-hybridized carbons (Fsp3) is 0.462. The van der Waals surface area contributed by atoms with Gasteiger partial charge in [-0.1, -0.05) is 6.07 Å². The summed E-state index contributed by atoms with van der Waals surface area (Å²) in [6.07, 6.45) is 0. The van der Waals surface area contributed by atoms with Crippen molar-refractivity contribution in [3.63, 3.8) is 0 Å². The molecular weight excluding hydrogens is 338 g/mol. The zero-order valence-corrected chi connectivity index (χ0v) is 13.7. The van der Waals surface area contributed by atoms with Crippen molar-refractivity contribution in [2.24, 2.45) is 10.7 Å². The summed E-state index contributed by atoms with van der Waals surface area (Å²) in [5.41, 5.74) is 5.55. The maximum Gasteiger partial charge on any atom is 0.270 e. The number of hydrogen-bond acceptors (Lipinski definition) is 6. The van der Waals surface area contributed by atoms with E-state index in [2.05, 4.69) is 9.71 Å². The van der Waals surface area contributed by atoms with Crippen LogP contribution in [0.2, 0.25) is 0 Å². The number of ether oxygens (including phenoxy) is 1. The Kier molecular flexibility index (Phi) is 6.06. The molecule has 0 spiro atoms. The zero-order valence-electron chi connectivity index (χ0n) is 12.9. The number of hydrogen-bond donors (Lipinski definition) is 2. The third-order valence-corrected chi connectivity index (χ3v) is 4.81. The molecule has 1 fully saturated rings. The first-order valence-electron chi connectivity index (χ1n) is 7.27. The summed E-state index contributed by atoms with van der Waals surface area (Å²) in [6.45, 7) is 2.65. The molecule has 132 valence electrons. The Hall–Kier alpha value is -2.24. The molecule has 0 aromatic heterocycles. The fourth-order valence-corrected chi connectivity index (χ4v) is 3.15. The SMILES string of the molecule is NC(=NCCNS(=O)(=O)c1cccc([N+](=O)[O-])c1)N1CCOCC1. The quantitative estimate of drug-likeness (QED) is 0.230. The van der Waals surface area contributed by atoms with Crippen molar-refractivity contribution in [2.45, 2.75) is 4.90 Å². The van der Waals surface area contributed by atoms with E-state index in [-0.39, 0.29) is 23.7 Å². The molecule has 1 aliphatic heterocycles. The number of nitrogens with one attached hydrogen (secondary N) is 1. The van der Waals surface area contributed by atoms with Crippen molar-refractivity contribution in [1.82, 2.24) is 9.62 Å². The van der Waals surface area contributed by atoms with Gasteiger partial charge in [0.05, 0.1) is 29.6 Å². The first-order valence-corrected chi connectivity index (χ1v) is 8.75. The van der Waals surface area contributed by atoms with Crippen molar-refractivity contribution >= 4 is 21.7 Å². The molecular formula is C13H19N5O5S. The molecule has 1 aliphatic rings. The van der Waals surface area contributed by atoms with Gasteiger partial charge in [-0.3, -0.25) is 15.1 Å². The average Bonchev–Trinajstić information content (AvgIpc) is 2.59. The van der Waals surface area contributed by atoms with Gasteiger partial charge in [0.15, 0.2) is 5.96 Å². The lowest BCUT2D eigenvalue weighted by Gasteiger charge is -2.27. The van der Waals surface area contributed by atoms with Crippen LogP contribution in [0.15, 0.2) is 34.2 Å². The molecule has 0 bridgehead atoms. The summed E-state index contributed by atoms with van der Waals surface area (Å²) in [5, 5.41) is 10.7. The molecule has 0 aliphatic carbocycles. The molecule has 1 aromatic rings. The van der Waals surface area contributed by atoms with Gasteiger partial charge in [-0.2, -0.15) is 0 Å². The second kappa shape index (κ2) is 8.04. The standard InChI is InChI=1S/C13H19N5O5S/c14-13(17-6-8-23-9-7-17)15-4-5-16-24(21,22)12-3-1-2-11(10-12)18(19)20/h1-3,10,16H,4-9H2,(H2,14,15). The van der Waals surface area contributed by atoms with Crippen LogP contribution < -0.4 is 10.5 Å². The van der Waals surface area contributed by atoms with Crippen LogP contribution >= 0.6 is 0 Å². The first-order chi connectivity index (χ1) is 11.4. The van der Waals surface area contributed by atoms with E-state index in [0.29, 0.717) is 32.3 Å². The lowest BCUT2D eigenvalue weighted by molar-refractivity contribution is -0.385. The third-order valence-electron chi connectivity index (χ3n) is 3.35.